The number of unbranched alkanes of at least 4 members (excludes halogenated alkanes) is 39. The van der Waals surface area contributed by atoms with E-state index in [2.05, 4.69) is 32.9 Å². The van der Waals surface area contributed by atoms with E-state index in [-0.39, 0.29) is 31.1 Å². The predicted molar refractivity (Wildman–Crippen MR) is 270 cm³/mol. The summed E-state index contributed by atoms with van der Waals surface area (Å²) in [5, 5.41) is 0. The first-order valence-electron chi connectivity index (χ1n) is 28.2. The molecule has 1 atom stereocenters. The van der Waals surface area contributed by atoms with Gasteiger partial charge < -0.3 is 14.2 Å². The number of hydrogen-bond donors (Lipinski definition) is 0. The molecule has 6 heteroatoms. The zero-order valence-electron chi connectivity index (χ0n) is 42.6. The van der Waals surface area contributed by atoms with Gasteiger partial charge in [-0.2, -0.15) is 0 Å². The van der Waals surface area contributed by atoms with Crippen molar-refractivity contribution in [1.29, 1.82) is 0 Å². The van der Waals surface area contributed by atoms with Crippen LogP contribution in [0.4, 0.5) is 0 Å². The lowest BCUT2D eigenvalue weighted by Gasteiger charge is -2.18. The fraction of sp³-hybridized carbons (Fsp3) is 0.912. The molecule has 0 N–H and O–H groups in total. The highest BCUT2D eigenvalue weighted by Gasteiger charge is 2.19. The van der Waals surface area contributed by atoms with Gasteiger partial charge in [-0.25, -0.2) is 0 Å². The van der Waals surface area contributed by atoms with E-state index in [4.69, 9.17) is 14.2 Å². The molecule has 0 spiro atoms. The van der Waals surface area contributed by atoms with Gasteiger partial charge in [-0.3, -0.25) is 14.4 Å². The summed E-state index contributed by atoms with van der Waals surface area (Å²) in [5.41, 5.74) is 0. The van der Waals surface area contributed by atoms with Crippen LogP contribution in [0.25, 0.3) is 0 Å². The number of allylic oxidation sites excluding steroid dienone is 2. The Balaban J connectivity index is 4.29. The van der Waals surface area contributed by atoms with Crippen molar-refractivity contribution >= 4 is 17.9 Å². The summed E-state index contributed by atoms with van der Waals surface area (Å²) in [6.45, 7) is 6.67. The van der Waals surface area contributed by atoms with Crippen LogP contribution in [0, 0.1) is 0 Å². The largest absolute Gasteiger partial charge is 0.462 e. The standard InChI is InChI=1S/C57H108O6/c1-4-7-10-13-16-19-22-25-27-28-29-30-33-35-38-41-44-47-50-56(59)62-53-54(52-61-55(58)49-46-43-40-37-34-31-24-21-18-15-12-9-6-3)63-57(60)51-48-45-42-39-36-32-26-23-20-17-14-11-8-5-2/h21,24,54H,4-20,22-23,25-53H2,1-3H3/b24-21-/t54-/m1/s1. The molecule has 6 nitrogen and oxygen atoms in total. The summed E-state index contributed by atoms with van der Waals surface area (Å²) in [4.78, 5) is 38.1. The lowest BCUT2D eigenvalue weighted by molar-refractivity contribution is -0.167. The predicted octanol–water partition coefficient (Wildman–Crippen LogP) is 18.5. The van der Waals surface area contributed by atoms with Gasteiger partial charge in [0.1, 0.15) is 13.2 Å². The minimum atomic E-state index is -0.767. The first kappa shape index (κ1) is 61.1. The van der Waals surface area contributed by atoms with Crippen molar-refractivity contribution < 1.29 is 28.6 Å². The molecule has 372 valence electrons. The number of hydrogen-bond acceptors (Lipinski definition) is 6. The first-order chi connectivity index (χ1) is 31.0. The van der Waals surface area contributed by atoms with E-state index < -0.39 is 6.10 Å². The third-order valence-corrected chi connectivity index (χ3v) is 12.8. The molecule has 63 heavy (non-hydrogen) atoms. The number of carbonyl (C=O) groups is 3. The molecule has 0 aromatic carbocycles. The van der Waals surface area contributed by atoms with E-state index in [1.165, 1.54) is 212 Å². The second-order valence-electron chi connectivity index (χ2n) is 19.2. The van der Waals surface area contributed by atoms with Crippen molar-refractivity contribution in [3.05, 3.63) is 12.2 Å². The van der Waals surface area contributed by atoms with Crippen molar-refractivity contribution in [1.82, 2.24) is 0 Å². The summed E-state index contributed by atoms with van der Waals surface area (Å²) < 4.78 is 16.9. The number of ether oxygens (including phenoxy) is 3. The second-order valence-corrected chi connectivity index (χ2v) is 19.2. The zero-order valence-corrected chi connectivity index (χ0v) is 42.6. The smallest absolute Gasteiger partial charge is 0.306 e. The zero-order chi connectivity index (χ0) is 45.8. The third-order valence-electron chi connectivity index (χ3n) is 12.8. The molecule has 0 bridgehead atoms. The Morgan fingerprint density at radius 1 is 0.302 bits per heavy atom. The van der Waals surface area contributed by atoms with Gasteiger partial charge in [-0.1, -0.05) is 264 Å². The molecule has 0 amide bonds. The monoisotopic (exact) mass is 889 g/mol. The van der Waals surface area contributed by atoms with Gasteiger partial charge in [0, 0.05) is 19.3 Å². The van der Waals surface area contributed by atoms with Crippen LogP contribution in [0.5, 0.6) is 0 Å². The molecular weight excluding hydrogens is 781 g/mol. The molecule has 0 aromatic heterocycles. The normalized spacial score (nSPS) is 12.0. The van der Waals surface area contributed by atoms with Crippen LogP contribution in [0.2, 0.25) is 0 Å². The molecule has 0 rings (SSSR count). The fourth-order valence-corrected chi connectivity index (χ4v) is 8.50. The highest BCUT2D eigenvalue weighted by atomic mass is 16.6. The van der Waals surface area contributed by atoms with Crippen molar-refractivity contribution in [3.63, 3.8) is 0 Å². The lowest BCUT2D eigenvalue weighted by atomic mass is 10.0. The number of carbonyl (C=O) groups excluding carboxylic acids is 3. The molecule has 0 saturated carbocycles. The van der Waals surface area contributed by atoms with E-state index in [1.54, 1.807) is 0 Å². The summed E-state index contributed by atoms with van der Waals surface area (Å²) in [6.07, 6.45) is 59.1. The summed E-state index contributed by atoms with van der Waals surface area (Å²) >= 11 is 0. The Morgan fingerprint density at radius 2 is 0.524 bits per heavy atom. The van der Waals surface area contributed by atoms with Crippen molar-refractivity contribution in [2.24, 2.45) is 0 Å². The van der Waals surface area contributed by atoms with Crippen LogP contribution in [-0.2, 0) is 28.6 Å². The van der Waals surface area contributed by atoms with Crippen LogP contribution < -0.4 is 0 Å². The van der Waals surface area contributed by atoms with Crippen molar-refractivity contribution in [2.75, 3.05) is 13.2 Å². The Kier molecular flexibility index (Phi) is 51.2. The van der Waals surface area contributed by atoms with E-state index in [0.717, 1.165) is 64.2 Å². The number of esters is 3. The van der Waals surface area contributed by atoms with Crippen LogP contribution in [0.15, 0.2) is 12.2 Å². The first-order valence-corrected chi connectivity index (χ1v) is 28.2. The van der Waals surface area contributed by atoms with Crippen LogP contribution in [-0.4, -0.2) is 37.2 Å². The maximum atomic E-state index is 12.8. The molecule has 0 heterocycles. The van der Waals surface area contributed by atoms with Gasteiger partial charge in [0.25, 0.3) is 0 Å². The molecule has 0 fully saturated rings. The van der Waals surface area contributed by atoms with E-state index in [9.17, 15) is 14.4 Å². The minimum absolute atomic E-state index is 0.0666. The average molecular weight is 889 g/mol. The Bertz CT molecular complexity index is 978. The van der Waals surface area contributed by atoms with Crippen LogP contribution in [0.1, 0.15) is 316 Å². The van der Waals surface area contributed by atoms with Crippen LogP contribution in [0.3, 0.4) is 0 Å². The molecule has 0 radical (unpaired) electrons. The maximum absolute atomic E-state index is 12.8. The molecule has 0 aliphatic heterocycles. The average Bonchev–Trinajstić information content (AvgIpc) is 3.28. The van der Waals surface area contributed by atoms with E-state index in [0.29, 0.717) is 19.3 Å². The highest BCUT2D eigenvalue weighted by Crippen LogP contribution is 2.17. The second kappa shape index (κ2) is 52.8. The van der Waals surface area contributed by atoms with Gasteiger partial charge in [-0.15, -0.1) is 0 Å². The lowest BCUT2D eigenvalue weighted by Crippen LogP contribution is -2.30. The summed E-state index contributed by atoms with van der Waals surface area (Å²) in [7, 11) is 0. The minimum Gasteiger partial charge on any atom is -0.462 e. The quantitative estimate of drug-likeness (QED) is 0.0262. The maximum Gasteiger partial charge on any atom is 0.306 e. The third kappa shape index (κ3) is 51.0. The van der Waals surface area contributed by atoms with Gasteiger partial charge >= 0.3 is 17.9 Å². The van der Waals surface area contributed by atoms with Gasteiger partial charge in [0.15, 0.2) is 6.10 Å². The van der Waals surface area contributed by atoms with Crippen molar-refractivity contribution in [2.45, 2.75) is 322 Å². The SMILES string of the molecule is CCCCCC/C=C\CCCCCCCC(=O)OC[C@H](COC(=O)CCCCCCCCCCCCCCCCCCCC)OC(=O)CCCCCCCCCCCCCCCC. The molecule has 0 aliphatic carbocycles. The topological polar surface area (TPSA) is 78.9 Å². The van der Waals surface area contributed by atoms with Gasteiger partial charge in [0.2, 0.25) is 0 Å². The van der Waals surface area contributed by atoms with Crippen molar-refractivity contribution in [3.8, 4) is 0 Å². The molecule has 0 aromatic rings. The molecule has 0 aliphatic rings. The number of rotatable bonds is 52. The molecule has 0 unspecified atom stereocenters. The molecule has 0 saturated heterocycles. The molecular formula is C57H108O6. The summed E-state index contributed by atoms with van der Waals surface area (Å²) in [6, 6.07) is 0. The van der Waals surface area contributed by atoms with E-state index in [1.807, 2.05) is 0 Å². The van der Waals surface area contributed by atoms with E-state index >= 15 is 0 Å². The Labute approximate surface area is 392 Å². The van der Waals surface area contributed by atoms with Gasteiger partial charge in [-0.05, 0) is 44.9 Å². The van der Waals surface area contributed by atoms with Gasteiger partial charge in [0.05, 0.1) is 0 Å². The highest BCUT2D eigenvalue weighted by molar-refractivity contribution is 5.71. The fourth-order valence-electron chi connectivity index (χ4n) is 8.50. The van der Waals surface area contributed by atoms with Crippen LogP contribution >= 0.6 is 0 Å². The summed E-state index contributed by atoms with van der Waals surface area (Å²) in [5.74, 6) is -0.853. The Hall–Kier alpha value is -1.85. The Morgan fingerprint density at radius 3 is 0.810 bits per heavy atom.